The SMILES string of the molecule is CCN(C)CCNC(=NC)NCc1ccccc1C. The Labute approximate surface area is 116 Å². The molecule has 0 unspecified atom stereocenters. The Morgan fingerprint density at radius 3 is 2.63 bits per heavy atom. The van der Waals surface area contributed by atoms with Gasteiger partial charge in [-0.2, -0.15) is 0 Å². The molecule has 19 heavy (non-hydrogen) atoms. The summed E-state index contributed by atoms with van der Waals surface area (Å²) < 4.78 is 0. The molecule has 0 fully saturated rings. The molecule has 0 aliphatic heterocycles. The number of likely N-dealkylation sites (N-methyl/N-ethyl adjacent to an activating group) is 1. The fraction of sp³-hybridized carbons (Fsp3) is 0.533. The van der Waals surface area contributed by atoms with E-state index in [9.17, 15) is 0 Å². The minimum absolute atomic E-state index is 0.802. The normalized spacial score (nSPS) is 11.7. The third-order valence-electron chi connectivity index (χ3n) is 3.26. The maximum Gasteiger partial charge on any atom is 0.191 e. The number of nitrogens with zero attached hydrogens (tertiary/aromatic N) is 2. The molecule has 0 aliphatic carbocycles. The number of hydrogen-bond donors (Lipinski definition) is 2. The Morgan fingerprint density at radius 1 is 1.26 bits per heavy atom. The van der Waals surface area contributed by atoms with Crippen LogP contribution < -0.4 is 10.6 Å². The van der Waals surface area contributed by atoms with Crippen molar-refractivity contribution < 1.29 is 0 Å². The van der Waals surface area contributed by atoms with Gasteiger partial charge in [0, 0.05) is 26.7 Å². The van der Waals surface area contributed by atoms with E-state index in [4.69, 9.17) is 0 Å². The van der Waals surface area contributed by atoms with Crippen LogP contribution in [0.2, 0.25) is 0 Å². The van der Waals surface area contributed by atoms with Crippen LogP contribution in [0.25, 0.3) is 0 Å². The highest BCUT2D eigenvalue weighted by atomic mass is 15.2. The summed E-state index contributed by atoms with van der Waals surface area (Å²) in [5.74, 6) is 0.854. The average Bonchev–Trinajstić information content (AvgIpc) is 2.43. The highest BCUT2D eigenvalue weighted by Crippen LogP contribution is 2.05. The van der Waals surface area contributed by atoms with Gasteiger partial charge < -0.3 is 15.5 Å². The lowest BCUT2D eigenvalue weighted by Crippen LogP contribution is -2.40. The van der Waals surface area contributed by atoms with Gasteiger partial charge in [-0.25, -0.2) is 0 Å². The fourth-order valence-electron chi connectivity index (χ4n) is 1.73. The summed E-state index contributed by atoms with van der Waals surface area (Å²) >= 11 is 0. The quantitative estimate of drug-likeness (QED) is 0.604. The van der Waals surface area contributed by atoms with E-state index in [0.717, 1.165) is 32.1 Å². The monoisotopic (exact) mass is 262 g/mol. The summed E-state index contributed by atoms with van der Waals surface area (Å²) in [5.41, 5.74) is 2.60. The Morgan fingerprint density at radius 2 is 2.00 bits per heavy atom. The van der Waals surface area contributed by atoms with Gasteiger partial charge in [-0.05, 0) is 31.6 Å². The molecule has 1 aromatic carbocycles. The molecule has 1 aromatic rings. The van der Waals surface area contributed by atoms with Crippen LogP contribution in [0.4, 0.5) is 0 Å². The smallest absolute Gasteiger partial charge is 0.191 e. The van der Waals surface area contributed by atoms with E-state index in [1.54, 1.807) is 7.05 Å². The van der Waals surface area contributed by atoms with E-state index in [0.29, 0.717) is 0 Å². The lowest BCUT2D eigenvalue weighted by molar-refractivity contribution is 0.357. The highest BCUT2D eigenvalue weighted by molar-refractivity contribution is 5.79. The van der Waals surface area contributed by atoms with Crippen molar-refractivity contribution in [2.45, 2.75) is 20.4 Å². The van der Waals surface area contributed by atoms with Crippen LogP contribution in [-0.2, 0) is 6.54 Å². The first-order valence-electron chi connectivity index (χ1n) is 6.85. The van der Waals surface area contributed by atoms with Gasteiger partial charge in [0.25, 0.3) is 0 Å². The third-order valence-corrected chi connectivity index (χ3v) is 3.26. The second kappa shape index (κ2) is 8.53. The molecule has 0 radical (unpaired) electrons. The van der Waals surface area contributed by atoms with Crippen LogP contribution in [0.1, 0.15) is 18.1 Å². The number of guanidine groups is 1. The van der Waals surface area contributed by atoms with Gasteiger partial charge >= 0.3 is 0 Å². The molecule has 0 amide bonds. The first kappa shape index (κ1) is 15.5. The van der Waals surface area contributed by atoms with E-state index in [1.165, 1.54) is 11.1 Å². The lowest BCUT2D eigenvalue weighted by atomic mass is 10.1. The number of rotatable bonds is 6. The van der Waals surface area contributed by atoms with Crippen molar-refractivity contribution in [2.75, 3.05) is 33.7 Å². The van der Waals surface area contributed by atoms with Gasteiger partial charge in [-0.3, -0.25) is 4.99 Å². The van der Waals surface area contributed by atoms with Crippen LogP contribution in [0.5, 0.6) is 0 Å². The minimum Gasteiger partial charge on any atom is -0.355 e. The summed E-state index contributed by atoms with van der Waals surface area (Å²) in [6.45, 7) is 8.07. The first-order chi connectivity index (χ1) is 9.17. The van der Waals surface area contributed by atoms with Crippen LogP contribution >= 0.6 is 0 Å². The zero-order chi connectivity index (χ0) is 14.1. The van der Waals surface area contributed by atoms with Crippen molar-refractivity contribution in [1.29, 1.82) is 0 Å². The van der Waals surface area contributed by atoms with Crippen LogP contribution in [-0.4, -0.2) is 44.6 Å². The van der Waals surface area contributed by atoms with Crippen molar-refractivity contribution in [3.8, 4) is 0 Å². The molecule has 0 aliphatic rings. The van der Waals surface area contributed by atoms with Gasteiger partial charge in [-0.1, -0.05) is 31.2 Å². The van der Waals surface area contributed by atoms with Crippen molar-refractivity contribution in [2.24, 2.45) is 4.99 Å². The Kier molecular flexibility index (Phi) is 6.97. The van der Waals surface area contributed by atoms with Crippen LogP contribution in [0, 0.1) is 6.92 Å². The van der Waals surface area contributed by atoms with Gasteiger partial charge in [0.1, 0.15) is 0 Å². The largest absolute Gasteiger partial charge is 0.355 e. The Bertz CT molecular complexity index is 401. The van der Waals surface area contributed by atoms with E-state index in [1.807, 2.05) is 0 Å². The summed E-state index contributed by atoms with van der Waals surface area (Å²) in [5, 5.41) is 6.66. The third kappa shape index (κ3) is 5.75. The molecule has 1 rings (SSSR count). The molecule has 0 bridgehead atoms. The Hall–Kier alpha value is -1.55. The van der Waals surface area contributed by atoms with Crippen LogP contribution in [0.15, 0.2) is 29.3 Å². The highest BCUT2D eigenvalue weighted by Gasteiger charge is 2.00. The average molecular weight is 262 g/mol. The number of hydrogen-bond acceptors (Lipinski definition) is 2. The Balaban J connectivity index is 2.36. The molecular weight excluding hydrogens is 236 g/mol. The zero-order valence-corrected chi connectivity index (χ0v) is 12.5. The molecule has 106 valence electrons. The number of aliphatic imine (C=N–C) groups is 1. The standard InChI is InChI=1S/C15H26N4/c1-5-19(4)11-10-17-15(16-3)18-12-14-9-7-6-8-13(14)2/h6-9H,5,10-12H2,1-4H3,(H2,16,17,18). The number of benzene rings is 1. The van der Waals surface area contributed by atoms with Crippen molar-refractivity contribution >= 4 is 5.96 Å². The molecule has 2 N–H and O–H groups in total. The van der Waals surface area contributed by atoms with Crippen LogP contribution in [0.3, 0.4) is 0 Å². The second-order valence-electron chi connectivity index (χ2n) is 4.67. The summed E-state index contributed by atoms with van der Waals surface area (Å²) in [6.07, 6.45) is 0. The van der Waals surface area contributed by atoms with E-state index in [2.05, 4.69) is 65.7 Å². The van der Waals surface area contributed by atoms with Crippen molar-refractivity contribution in [3.05, 3.63) is 35.4 Å². The predicted molar refractivity (Wildman–Crippen MR) is 82.6 cm³/mol. The van der Waals surface area contributed by atoms with Crippen molar-refractivity contribution in [1.82, 2.24) is 15.5 Å². The fourth-order valence-corrected chi connectivity index (χ4v) is 1.73. The van der Waals surface area contributed by atoms with E-state index >= 15 is 0 Å². The molecule has 0 saturated heterocycles. The minimum atomic E-state index is 0.802. The van der Waals surface area contributed by atoms with Gasteiger partial charge in [0.05, 0.1) is 0 Å². The molecule has 0 aromatic heterocycles. The molecule has 0 saturated carbocycles. The van der Waals surface area contributed by atoms with Gasteiger partial charge in [0.15, 0.2) is 5.96 Å². The first-order valence-corrected chi connectivity index (χ1v) is 6.85. The summed E-state index contributed by atoms with van der Waals surface area (Å²) in [7, 11) is 3.92. The van der Waals surface area contributed by atoms with Crippen molar-refractivity contribution in [3.63, 3.8) is 0 Å². The molecule has 4 nitrogen and oxygen atoms in total. The number of aryl methyl sites for hydroxylation is 1. The number of nitrogens with one attached hydrogen (secondary N) is 2. The summed E-state index contributed by atoms with van der Waals surface area (Å²) in [4.78, 5) is 6.50. The van der Waals surface area contributed by atoms with E-state index in [-0.39, 0.29) is 0 Å². The molecule has 0 heterocycles. The molecule has 0 spiro atoms. The maximum absolute atomic E-state index is 4.23. The summed E-state index contributed by atoms with van der Waals surface area (Å²) in [6, 6.07) is 8.40. The predicted octanol–water partition coefficient (Wildman–Crippen LogP) is 1.61. The molecule has 4 heteroatoms. The molecular formula is C15H26N4. The topological polar surface area (TPSA) is 39.7 Å². The van der Waals surface area contributed by atoms with Gasteiger partial charge in [-0.15, -0.1) is 0 Å². The van der Waals surface area contributed by atoms with Gasteiger partial charge in [0.2, 0.25) is 0 Å². The zero-order valence-electron chi connectivity index (χ0n) is 12.5. The second-order valence-corrected chi connectivity index (χ2v) is 4.67. The lowest BCUT2D eigenvalue weighted by Gasteiger charge is -2.16. The molecule has 0 atom stereocenters. The maximum atomic E-state index is 4.23. The van der Waals surface area contributed by atoms with E-state index < -0.39 is 0 Å².